The Balaban J connectivity index is 1.35. The van der Waals surface area contributed by atoms with Crippen LogP contribution in [0.1, 0.15) is 34.9 Å². The number of thiophene rings is 1. The number of likely N-dealkylation sites (tertiary alicyclic amines) is 1. The lowest BCUT2D eigenvalue weighted by molar-refractivity contribution is 0.0711. The Kier molecular flexibility index (Phi) is 4.46. The molecule has 1 amide bonds. The number of carbonyl (C=O) groups is 1. The third-order valence-electron chi connectivity index (χ3n) is 6.31. The van der Waals surface area contributed by atoms with Gasteiger partial charge in [-0.2, -0.15) is 11.3 Å². The van der Waals surface area contributed by atoms with E-state index >= 15 is 0 Å². The molecule has 3 N–H and O–H groups in total. The number of nitrogens with one attached hydrogen (secondary N) is 1. The Morgan fingerprint density at radius 1 is 1.19 bits per heavy atom. The topological polar surface area (TPSA) is 92.3 Å². The van der Waals surface area contributed by atoms with Gasteiger partial charge >= 0.3 is 0 Å². The average molecular weight is 443 g/mol. The minimum atomic E-state index is 0.116. The normalized spacial score (nSPS) is 15.1. The van der Waals surface area contributed by atoms with Crippen LogP contribution in [0.2, 0.25) is 0 Å². The first-order valence-corrected chi connectivity index (χ1v) is 11.7. The maximum absolute atomic E-state index is 12.7. The largest absolute Gasteiger partial charge is 0.382 e. The predicted octanol–water partition coefficient (Wildman–Crippen LogP) is 4.54. The number of hydrogen-bond acceptors (Lipinski definition) is 5. The highest BCUT2D eigenvalue weighted by atomic mass is 32.1. The molecule has 1 aromatic carbocycles. The van der Waals surface area contributed by atoms with Crippen LogP contribution in [0.25, 0.3) is 27.8 Å². The van der Waals surface area contributed by atoms with Crippen LogP contribution >= 0.6 is 11.3 Å². The molecule has 0 bridgehead atoms. The van der Waals surface area contributed by atoms with Crippen LogP contribution in [0, 0.1) is 0 Å². The molecule has 4 aromatic heterocycles. The van der Waals surface area contributed by atoms with Gasteiger partial charge in [-0.3, -0.25) is 9.20 Å². The van der Waals surface area contributed by atoms with Crippen molar-refractivity contribution in [2.75, 3.05) is 18.8 Å². The number of para-hydroxylation sites is 1. The van der Waals surface area contributed by atoms with Gasteiger partial charge in [-0.25, -0.2) is 9.97 Å². The number of aromatic amines is 1. The Labute approximate surface area is 188 Å². The molecule has 0 aliphatic carbocycles. The summed E-state index contributed by atoms with van der Waals surface area (Å²) in [5, 5.41) is 4.99. The van der Waals surface area contributed by atoms with Crippen LogP contribution < -0.4 is 5.73 Å². The fourth-order valence-electron chi connectivity index (χ4n) is 4.67. The van der Waals surface area contributed by atoms with Gasteiger partial charge in [0, 0.05) is 47.7 Å². The zero-order chi connectivity index (χ0) is 21.7. The molecule has 0 radical (unpaired) electrons. The number of nitrogens with zero attached hydrogens (tertiary/aromatic N) is 4. The van der Waals surface area contributed by atoms with Crippen molar-refractivity contribution in [1.29, 1.82) is 0 Å². The van der Waals surface area contributed by atoms with E-state index in [4.69, 9.17) is 10.7 Å². The number of anilines is 1. The number of fused-ring (bicyclic) bond motifs is 2. The molecule has 160 valence electrons. The number of benzene rings is 1. The predicted molar refractivity (Wildman–Crippen MR) is 127 cm³/mol. The Hall–Kier alpha value is -3.65. The Morgan fingerprint density at radius 2 is 2.03 bits per heavy atom. The first kappa shape index (κ1) is 19.1. The van der Waals surface area contributed by atoms with Gasteiger partial charge in [-0.05, 0) is 36.4 Å². The summed E-state index contributed by atoms with van der Waals surface area (Å²) in [6.45, 7) is 1.44. The van der Waals surface area contributed by atoms with E-state index in [1.807, 2.05) is 40.1 Å². The van der Waals surface area contributed by atoms with E-state index in [0.29, 0.717) is 5.82 Å². The van der Waals surface area contributed by atoms with Gasteiger partial charge in [-0.1, -0.05) is 18.2 Å². The summed E-state index contributed by atoms with van der Waals surface area (Å²) in [6, 6.07) is 12.2. The molecule has 1 aliphatic heterocycles. The van der Waals surface area contributed by atoms with Gasteiger partial charge in [0.15, 0.2) is 0 Å². The summed E-state index contributed by atoms with van der Waals surface area (Å²) in [7, 11) is 0. The molecule has 6 rings (SSSR count). The molecule has 0 unspecified atom stereocenters. The minimum absolute atomic E-state index is 0.116. The van der Waals surface area contributed by atoms with E-state index < -0.39 is 0 Å². The van der Waals surface area contributed by atoms with Crippen molar-refractivity contribution in [2.24, 2.45) is 0 Å². The van der Waals surface area contributed by atoms with Crippen LogP contribution in [-0.2, 0) is 0 Å². The number of carbonyl (C=O) groups excluding carboxylic acids is 1. The van der Waals surface area contributed by atoms with E-state index in [0.717, 1.165) is 65.1 Å². The number of nitrogens with two attached hydrogens (primary N) is 1. The Morgan fingerprint density at radius 3 is 2.81 bits per heavy atom. The minimum Gasteiger partial charge on any atom is -0.382 e. The van der Waals surface area contributed by atoms with E-state index in [-0.39, 0.29) is 11.8 Å². The smallest absolute Gasteiger partial charge is 0.254 e. The van der Waals surface area contributed by atoms with E-state index in [1.165, 1.54) is 0 Å². The maximum Gasteiger partial charge on any atom is 0.254 e. The number of imidazole rings is 1. The fourth-order valence-corrected chi connectivity index (χ4v) is 5.30. The lowest BCUT2D eigenvalue weighted by Gasteiger charge is -2.31. The van der Waals surface area contributed by atoms with Crippen molar-refractivity contribution in [3.05, 3.63) is 70.9 Å². The number of amides is 1. The average Bonchev–Trinajstić information content (AvgIpc) is 3.57. The first-order chi connectivity index (χ1) is 15.7. The second kappa shape index (κ2) is 7.49. The summed E-state index contributed by atoms with van der Waals surface area (Å²) in [4.78, 5) is 27.5. The number of hydrogen-bond donors (Lipinski definition) is 2. The third kappa shape index (κ3) is 3.06. The number of piperidine rings is 1. The fraction of sp³-hybridized carbons (Fsp3) is 0.208. The van der Waals surface area contributed by atoms with Crippen LogP contribution in [0.5, 0.6) is 0 Å². The van der Waals surface area contributed by atoms with Crippen molar-refractivity contribution < 1.29 is 4.79 Å². The van der Waals surface area contributed by atoms with Crippen molar-refractivity contribution in [1.82, 2.24) is 24.3 Å². The van der Waals surface area contributed by atoms with Crippen LogP contribution in [0.15, 0.2) is 59.6 Å². The lowest BCUT2D eigenvalue weighted by atomic mass is 9.95. The molecule has 1 aliphatic rings. The number of aromatic nitrogens is 4. The van der Waals surface area contributed by atoms with Gasteiger partial charge < -0.3 is 15.6 Å². The number of nitrogen functional groups attached to an aromatic ring is 1. The van der Waals surface area contributed by atoms with E-state index in [2.05, 4.69) is 32.6 Å². The standard InChI is InChI=1S/C24H22N6OS/c25-22-21-20(19-13-16-3-1-2-4-18(16)27-19)28-23(30(21)11-8-26-22)15-5-9-29(10-6-15)24(31)17-7-12-32-14-17/h1-4,7-8,11-15,27H,5-6,9-10H2,(H2,25,26). The molecular formula is C24H22N6OS. The molecule has 1 fully saturated rings. The molecule has 5 aromatic rings. The van der Waals surface area contributed by atoms with Gasteiger partial charge in [0.1, 0.15) is 22.9 Å². The molecular weight excluding hydrogens is 420 g/mol. The molecule has 0 saturated carbocycles. The summed E-state index contributed by atoms with van der Waals surface area (Å²) < 4.78 is 2.07. The van der Waals surface area contributed by atoms with Gasteiger partial charge in [0.25, 0.3) is 5.91 Å². The lowest BCUT2D eigenvalue weighted by Crippen LogP contribution is -2.38. The molecule has 8 heteroatoms. The SMILES string of the molecule is Nc1nccn2c(C3CCN(C(=O)c4ccsc4)CC3)nc(-c3cc4ccccc4[nH]3)c12. The van der Waals surface area contributed by atoms with Crippen molar-refractivity contribution in [2.45, 2.75) is 18.8 Å². The molecule has 0 atom stereocenters. The Bertz CT molecular complexity index is 1390. The first-order valence-electron chi connectivity index (χ1n) is 10.7. The molecule has 1 saturated heterocycles. The zero-order valence-corrected chi connectivity index (χ0v) is 18.2. The van der Waals surface area contributed by atoms with Gasteiger partial charge in [0.2, 0.25) is 0 Å². The quantitative estimate of drug-likeness (QED) is 0.429. The molecule has 0 spiro atoms. The summed E-state index contributed by atoms with van der Waals surface area (Å²) >= 11 is 1.55. The number of H-pyrrole nitrogens is 1. The molecule has 7 nitrogen and oxygen atoms in total. The summed E-state index contributed by atoms with van der Waals surface area (Å²) in [5.41, 5.74) is 10.7. The van der Waals surface area contributed by atoms with E-state index in [9.17, 15) is 4.79 Å². The van der Waals surface area contributed by atoms with E-state index in [1.54, 1.807) is 17.5 Å². The third-order valence-corrected chi connectivity index (χ3v) is 6.99. The van der Waals surface area contributed by atoms with Gasteiger partial charge in [0.05, 0.1) is 11.3 Å². The highest BCUT2D eigenvalue weighted by Gasteiger charge is 2.29. The van der Waals surface area contributed by atoms with Crippen LogP contribution in [-0.4, -0.2) is 43.2 Å². The number of rotatable bonds is 3. The maximum atomic E-state index is 12.7. The second-order valence-corrected chi connectivity index (χ2v) is 8.98. The van der Waals surface area contributed by atoms with Gasteiger partial charge in [-0.15, -0.1) is 0 Å². The van der Waals surface area contributed by atoms with Crippen LogP contribution in [0.4, 0.5) is 5.82 Å². The molecule has 32 heavy (non-hydrogen) atoms. The monoisotopic (exact) mass is 442 g/mol. The summed E-state index contributed by atoms with van der Waals surface area (Å²) in [6.07, 6.45) is 5.38. The molecule has 5 heterocycles. The van der Waals surface area contributed by atoms with Crippen molar-refractivity contribution in [3.8, 4) is 11.4 Å². The zero-order valence-electron chi connectivity index (χ0n) is 17.4. The van der Waals surface area contributed by atoms with Crippen molar-refractivity contribution >= 4 is 39.5 Å². The van der Waals surface area contributed by atoms with Crippen LogP contribution in [0.3, 0.4) is 0 Å². The van der Waals surface area contributed by atoms with Crippen molar-refractivity contribution in [3.63, 3.8) is 0 Å². The summed E-state index contributed by atoms with van der Waals surface area (Å²) in [5.74, 6) is 1.80. The highest BCUT2D eigenvalue weighted by molar-refractivity contribution is 7.08. The second-order valence-electron chi connectivity index (χ2n) is 8.20. The highest BCUT2D eigenvalue weighted by Crippen LogP contribution is 2.35.